The number of rotatable bonds is 11. The van der Waals surface area contributed by atoms with Crippen LogP contribution in [0.25, 0.3) is 0 Å². The van der Waals surface area contributed by atoms with Crippen molar-refractivity contribution in [1.82, 2.24) is 19.6 Å². The van der Waals surface area contributed by atoms with Crippen LogP contribution in [-0.2, 0) is 13.3 Å². The predicted octanol–water partition coefficient (Wildman–Crippen LogP) is 4.35. The lowest BCUT2D eigenvalue weighted by Crippen LogP contribution is -2.14. The first-order valence-electron chi connectivity index (χ1n) is 11.2. The summed E-state index contributed by atoms with van der Waals surface area (Å²) in [5.41, 5.74) is 1.76. The van der Waals surface area contributed by atoms with Crippen molar-refractivity contribution in [3.05, 3.63) is 84.2 Å². The molecule has 0 spiro atoms. The lowest BCUT2D eigenvalue weighted by Gasteiger charge is -2.12. The smallest absolute Gasteiger partial charge is 0.276 e. The largest absolute Gasteiger partial charge is 0.490 e. The Balaban J connectivity index is 1.33. The lowest BCUT2D eigenvalue weighted by atomic mass is 10.2. The third kappa shape index (κ3) is 6.38. The highest BCUT2D eigenvalue weighted by atomic mass is 19.1. The van der Waals surface area contributed by atoms with Crippen LogP contribution in [0.2, 0.25) is 0 Å². The standard InChI is InChI=1S/C25H26FN5O4/c1-3-33-23-10-5-18(13-24(23)34-4-2)15-31-16-20(14-27-31)28-25(32)22-11-12-30(29-22)17-35-21-8-6-19(26)7-9-21/h5-14,16H,3-4,15,17H2,1-2H3,(H,28,32). The third-order valence-electron chi connectivity index (χ3n) is 4.89. The molecule has 1 amide bonds. The average molecular weight is 480 g/mol. The molecule has 0 aliphatic rings. The Bertz CT molecular complexity index is 1270. The van der Waals surface area contributed by atoms with Crippen molar-refractivity contribution >= 4 is 11.6 Å². The summed E-state index contributed by atoms with van der Waals surface area (Å²) < 4.78 is 33.0. The summed E-state index contributed by atoms with van der Waals surface area (Å²) >= 11 is 0. The minimum Gasteiger partial charge on any atom is -0.490 e. The van der Waals surface area contributed by atoms with E-state index in [1.807, 2.05) is 32.0 Å². The summed E-state index contributed by atoms with van der Waals surface area (Å²) in [6.07, 6.45) is 4.94. The van der Waals surface area contributed by atoms with E-state index >= 15 is 0 Å². The van der Waals surface area contributed by atoms with Gasteiger partial charge in [-0.15, -0.1) is 0 Å². The molecule has 0 atom stereocenters. The molecular weight excluding hydrogens is 453 g/mol. The molecule has 0 aliphatic carbocycles. The number of nitrogens with zero attached hydrogens (tertiary/aromatic N) is 4. The van der Waals surface area contributed by atoms with Gasteiger partial charge in [0.1, 0.15) is 11.6 Å². The highest BCUT2D eigenvalue weighted by Gasteiger charge is 2.12. The maximum atomic E-state index is 13.0. The van der Waals surface area contributed by atoms with E-state index in [9.17, 15) is 9.18 Å². The molecule has 4 aromatic rings. The number of hydrogen-bond acceptors (Lipinski definition) is 6. The molecule has 0 saturated heterocycles. The van der Waals surface area contributed by atoms with Crippen molar-refractivity contribution in [3.8, 4) is 17.2 Å². The molecule has 4 rings (SSSR count). The topological polar surface area (TPSA) is 92.4 Å². The molecule has 2 aromatic carbocycles. The molecule has 2 heterocycles. The lowest BCUT2D eigenvalue weighted by molar-refractivity contribution is 0.102. The van der Waals surface area contributed by atoms with Gasteiger partial charge in [-0.25, -0.2) is 9.07 Å². The highest BCUT2D eigenvalue weighted by molar-refractivity contribution is 6.02. The van der Waals surface area contributed by atoms with Crippen LogP contribution in [0.5, 0.6) is 17.2 Å². The molecular formula is C25H26FN5O4. The Kier molecular flexibility index (Phi) is 7.61. The Labute approximate surface area is 202 Å². The van der Waals surface area contributed by atoms with Crippen LogP contribution in [0.1, 0.15) is 29.9 Å². The van der Waals surface area contributed by atoms with Crippen LogP contribution in [0, 0.1) is 5.82 Å². The summed E-state index contributed by atoms with van der Waals surface area (Å²) in [6.45, 7) is 5.53. The summed E-state index contributed by atoms with van der Waals surface area (Å²) in [7, 11) is 0. The van der Waals surface area contributed by atoms with Gasteiger partial charge in [-0.05, 0) is 61.9 Å². The molecule has 0 aliphatic heterocycles. The molecule has 1 N–H and O–H groups in total. The second-order valence-corrected chi connectivity index (χ2v) is 7.50. The number of carbonyl (C=O) groups is 1. The van der Waals surface area contributed by atoms with Crippen LogP contribution in [-0.4, -0.2) is 38.7 Å². The number of anilines is 1. The maximum absolute atomic E-state index is 13.0. The summed E-state index contributed by atoms with van der Waals surface area (Å²) in [6, 6.07) is 13.0. The van der Waals surface area contributed by atoms with E-state index < -0.39 is 0 Å². The quantitative estimate of drug-likeness (QED) is 0.344. The number of nitrogens with one attached hydrogen (secondary N) is 1. The van der Waals surface area contributed by atoms with Crippen LogP contribution in [0.3, 0.4) is 0 Å². The van der Waals surface area contributed by atoms with Crippen molar-refractivity contribution < 1.29 is 23.4 Å². The summed E-state index contributed by atoms with van der Waals surface area (Å²) in [5, 5.41) is 11.3. The molecule has 182 valence electrons. The van der Waals surface area contributed by atoms with E-state index in [2.05, 4.69) is 15.5 Å². The predicted molar refractivity (Wildman–Crippen MR) is 127 cm³/mol. The fourth-order valence-corrected chi connectivity index (χ4v) is 3.32. The van der Waals surface area contributed by atoms with Gasteiger partial charge in [0.15, 0.2) is 23.9 Å². The molecule has 0 radical (unpaired) electrons. The monoisotopic (exact) mass is 479 g/mol. The van der Waals surface area contributed by atoms with Crippen molar-refractivity contribution in [2.45, 2.75) is 27.1 Å². The van der Waals surface area contributed by atoms with Crippen molar-refractivity contribution in [3.63, 3.8) is 0 Å². The molecule has 10 heteroatoms. The molecule has 0 unspecified atom stereocenters. The van der Waals surface area contributed by atoms with Gasteiger partial charge < -0.3 is 19.5 Å². The van der Waals surface area contributed by atoms with E-state index in [4.69, 9.17) is 14.2 Å². The molecule has 0 saturated carbocycles. The zero-order valence-electron chi connectivity index (χ0n) is 19.5. The SMILES string of the molecule is CCOc1ccc(Cn2cc(NC(=O)c3ccn(COc4ccc(F)cc4)n3)cn2)cc1OCC. The fraction of sp³-hybridized carbons (Fsp3) is 0.240. The minimum atomic E-state index is -0.371. The number of benzene rings is 2. The number of halogens is 1. The summed E-state index contributed by atoms with van der Waals surface area (Å²) in [5.74, 6) is 1.18. The number of aromatic nitrogens is 4. The van der Waals surface area contributed by atoms with Gasteiger partial charge in [0, 0.05) is 12.4 Å². The van der Waals surface area contributed by atoms with Gasteiger partial charge in [0.25, 0.3) is 5.91 Å². The molecule has 0 fully saturated rings. The first kappa shape index (κ1) is 23.8. The van der Waals surface area contributed by atoms with E-state index in [-0.39, 0.29) is 24.1 Å². The van der Waals surface area contributed by atoms with E-state index in [0.717, 1.165) is 5.56 Å². The van der Waals surface area contributed by atoms with Crippen LogP contribution >= 0.6 is 0 Å². The van der Waals surface area contributed by atoms with Crippen LogP contribution in [0.15, 0.2) is 67.1 Å². The second kappa shape index (κ2) is 11.2. The van der Waals surface area contributed by atoms with Crippen LogP contribution < -0.4 is 19.5 Å². The van der Waals surface area contributed by atoms with E-state index in [0.29, 0.717) is 42.7 Å². The van der Waals surface area contributed by atoms with Gasteiger partial charge in [-0.2, -0.15) is 10.2 Å². The number of carbonyl (C=O) groups excluding carboxylic acids is 1. The zero-order valence-corrected chi connectivity index (χ0v) is 19.5. The number of hydrogen-bond donors (Lipinski definition) is 1. The average Bonchev–Trinajstić information content (AvgIpc) is 3.50. The van der Waals surface area contributed by atoms with Crippen LogP contribution in [0.4, 0.5) is 10.1 Å². The maximum Gasteiger partial charge on any atom is 0.276 e. The summed E-state index contributed by atoms with van der Waals surface area (Å²) in [4.78, 5) is 12.6. The van der Waals surface area contributed by atoms with Crippen molar-refractivity contribution in [2.75, 3.05) is 18.5 Å². The number of ether oxygens (including phenoxy) is 3. The molecule has 35 heavy (non-hydrogen) atoms. The van der Waals surface area contributed by atoms with Crippen molar-refractivity contribution in [2.24, 2.45) is 0 Å². The molecule has 9 nitrogen and oxygen atoms in total. The first-order chi connectivity index (χ1) is 17.0. The Morgan fingerprint density at radius 1 is 0.971 bits per heavy atom. The van der Waals surface area contributed by atoms with Gasteiger partial charge in [0.2, 0.25) is 0 Å². The van der Waals surface area contributed by atoms with Gasteiger partial charge >= 0.3 is 0 Å². The Hall–Kier alpha value is -4.34. The first-order valence-corrected chi connectivity index (χ1v) is 11.2. The Morgan fingerprint density at radius 2 is 1.74 bits per heavy atom. The van der Waals surface area contributed by atoms with E-state index in [1.54, 1.807) is 29.3 Å². The zero-order chi connectivity index (χ0) is 24.6. The van der Waals surface area contributed by atoms with Gasteiger partial charge in [-0.1, -0.05) is 6.07 Å². The normalized spacial score (nSPS) is 10.7. The van der Waals surface area contributed by atoms with Gasteiger partial charge in [0.05, 0.1) is 31.6 Å². The van der Waals surface area contributed by atoms with E-state index in [1.165, 1.54) is 28.9 Å². The fourth-order valence-electron chi connectivity index (χ4n) is 3.32. The third-order valence-corrected chi connectivity index (χ3v) is 4.89. The number of amides is 1. The second-order valence-electron chi connectivity index (χ2n) is 7.50. The minimum absolute atomic E-state index is 0.0860. The van der Waals surface area contributed by atoms with Crippen molar-refractivity contribution in [1.29, 1.82) is 0 Å². The highest BCUT2D eigenvalue weighted by Crippen LogP contribution is 2.29. The Morgan fingerprint density at radius 3 is 2.51 bits per heavy atom. The van der Waals surface area contributed by atoms with Gasteiger partial charge in [-0.3, -0.25) is 9.48 Å². The molecule has 2 aromatic heterocycles. The molecule has 0 bridgehead atoms.